The highest BCUT2D eigenvalue weighted by atomic mass is 19.4. The monoisotopic (exact) mass is 424 g/mol. The van der Waals surface area contributed by atoms with Crippen LogP contribution in [0.4, 0.5) is 29.3 Å². The van der Waals surface area contributed by atoms with E-state index in [1.165, 1.54) is 19.2 Å². The Morgan fingerprint density at radius 1 is 1.10 bits per heavy atom. The van der Waals surface area contributed by atoms with Crippen LogP contribution in [-0.4, -0.2) is 58.2 Å². The van der Waals surface area contributed by atoms with Gasteiger partial charge in [-0.05, 0) is 36.4 Å². The molecule has 1 heterocycles. The van der Waals surface area contributed by atoms with Crippen molar-refractivity contribution in [1.82, 2.24) is 0 Å². The first-order chi connectivity index (χ1) is 14.3. The lowest BCUT2D eigenvalue weighted by Crippen LogP contribution is -3.16. The quantitative estimate of drug-likeness (QED) is 0.749. The minimum Gasteiger partial charge on any atom is -0.497 e. The van der Waals surface area contributed by atoms with Gasteiger partial charge in [0.05, 0.1) is 33.3 Å². The fraction of sp³-hybridized carbons (Fsp3) is 0.381. The fourth-order valence-electron chi connectivity index (χ4n) is 3.36. The Morgan fingerprint density at radius 3 is 2.30 bits per heavy atom. The SMILES string of the molecule is COc1ccc(NC(=O)O[C@@H](C[NH+]2CCN(c3ccccc3)CC2)C(F)(F)F)cc1. The van der Waals surface area contributed by atoms with E-state index in [0.717, 1.165) is 10.6 Å². The number of piperazine rings is 1. The lowest BCUT2D eigenvalue weighted by atomic mass is 10.2. The van der Waals surface area contributed by atoms with Gasteiger partial charge in [0.2, 0.25) is 6.10 Å². The van der Waals surface area contributed by atoms with E-state index in [2.05, 4.69) is 10.2 Å². The summed E-state index contributed by atoms with van der Waals surface area (Å²) in [6, 6.07) is 16.0. The summed E-state index contributed by atoms with van der Waals surface area (Å²) in [6.07, 6.45) is -7.94. The number of amides is 1. The number of quaternary nitrogens is 1. The molecule has 162 valence electrons. The van der Waals surface area contributed by atoms with E-state index in [1.54, 1.807) is 12.1 Å². The molecule has 3 rings (SSSR count). The fourth-order valence-corrected chi connectivity index (χ4v) is 3.36. The standard InChI is InChI=1S/C21H24F3N3O3/c1-29-18-9-7-16(8-10-18)25-20(28)30-19(21(22,23)24)15-26-11-13-27(14-12-26)17-5-3-2-4-6-17/h2-10,19H,11-15H2,1H3,(H,25,28)/p+1/t19-/m0/s1. The predicted molar refractivity (Wildman–Crippen MR) is 107 cm³/mol. The number of alkyl halides is 3. The Balaban J connectivity index is 1.54. The van der Waals surface area contributed by atoms with Crippen molar-refractivity contribution >= 4 is 17.5 Å². The van der Waals surface area contributed by atoms with Crippen molar-refractivity contribution in [2.75, 3.05) is 50.1 Å². The molecule has 0 aliphatic carbocycles. The molecule has 0 bridgehead atoms. The van der Waals surface area contributed by atoms with E-state index in [9.17, 15) is 18.0 Å². The zero-order valence-electron chi connectivity index (χ0n) is 16.6. The van der Waals surface area contributed by atoms with Gasteiger partial charge in [0.25, 0.3) is 0 Å². The second-order valence-corrected chi connectivity index (χ2v) is 7.07. The van der Waals surface area contributed by atoms with Gasteiger partial charge in [0, 0.05) is 11.4 Å². The van der Waals surface area contributed by atoms with Crippen molar-refractivity contribution in [3.05, 3.63) is 54.6 Å². The number of hydrogen-bond donors (Lipinski definition) is 2. The van der Waals surface area contributed by atoms with Gasteiger partial charge in [-0.2, -0.15) is 13.2 Å². The summed E-state index contributed by atoms with van der Waals surface area (Å²) in [5.74, 6) is 0.570. The van der Waals surface area contributed by atoms with Gasteiger partial charge in [0.1, 0.15) is 12.3 Å². The highest BCUT2D eigenvalue weighted by Gasteiger charge is 2.46. The zero-order valence-corrected chi connectivity index (χ0v) is 16.6. The van der Waals surface area contributed by atoms with E-state index in [1.807, 2.05) is 30.3 Å². The van der Waals surface area contributed by atoms with E-state index in [4.69, 9.17) is 9.47 Å². The first-order valence-electron chi connectivity index (χ1n) is 9.67. The van der Waals surface area contributed by atoms with Crippen LogP contribution >= 0.6 is 0 Å². The Kier molecular flexibility index (Phi) is 7.04. The molecule has 1 amide bonds. The molecular weight excluding hydrogens is 399 g/mol. The van der Waals surface area contributed by atoms with Crippen molar-refractivity contribution in [2.45, 2.75) is 12.3 Å². The van der Waals surface area contributed by atoms with Crippen LogP contribution in [0.2, 0.25) is 0 Å². The van der Waals surface area contributed by atoms with Gasteiger partial charge >= 0.3 is 12.3 Å². The molecule has 0 spiro atoms. The minimum absolute atomic E-state index is 0.317. The van der Waals surface area contributed by atoms with Crippen molar-refractivity contribution < 1.29 is 32.3 Å². The number of rotatable bonds is 6. The maximum atomic E-state index is 13.5. The van der Waals surface area contributed by atoms with Crippen LogP contribution in [0.25, 0.3) is 0 Å². The third kappa shape index (κ3) is 6.03. The number of benzene rings is 2. The van der Waals surface area contributed by atoms with Crippen molar-refractivity contribution in [3.8, 4) is 5.75 Å². The van der Waals surface area contributed by atoms with E-state index in [-0.39, 0.29) is 6.54 Å². The molecule has 1 saturated heterocycles. The van der Waals surface area contributed by atoms with E-state index < -0.39 is 18.4 Å². The van der Waals surface area contributed by atoms with Crippen molar-refractivity contribution in [1.29, 1.82) is 0 Å². The molecule has 0 unspecified atom stereocenters. The number of para-hydroxylation sites is 1. The molecular formula is C21H25F3N3O3+. The molecule has 1 aliphatic heterocycles. The summed E-state index contributed by atoms with van der Waals surface area (Å²) < 4.78 is 50.2. The normalized spacial score (nSPS) is 16.1. The number of nitrogens with zero attached hydrogens (tertiary/aromatic N) is 1. The second-order valence-electron chi connectivity index (χ2n) is 7.07. The molecule has 9 heteroatoms. The summed E-state index contributed by atoms with van der Waals surface area (Å²) in [6.45, 7) is 2.03. The Morgan fingerprint density at radius 2 is 1.73 bits per heavy atom. The van der Waals surface area contributed by atoms with E-state index in [0.29, 0.717) is 37.6 Å². The van der Waals surface area contributed by atoms with Crippen LogP contribution in [0.15, 0.2) is 54.6 Å². The van der Waals surface area contributed by atoms with Gasteiger partial charge in [-0.3, -0.25) is 5.32 Å². The van der Waals surface area contributed by atoms with Gasteiger partial charge < -0.3 is 19.3 Å². The predicted octanol–water partition coefficient (Wildman–Crippen LogP) is 2.58. The lowest BCUT2D eigenvalue weighted by molar-refractivity contribution is -0.904. The number of hydrogen-bond acceptors (Lipinski definition) is 4. The Bertz CT molecular complexity index is 808. The number of ether oxygens (including phenoxy) is 2. The van der Waals surface area contributed by atoms with Gasteiger partial charge in [-0.1, -0.05) is 18.2 Å². The number of halogens is 3. The van der Waals surface area contributed by atoms with Crippen molar-refractivity contribution in [2.24, 2.45) is 0 Å². The summed E-state index contributed by atoms with van der Waals surface area (Å²) >= 11 is 0. The first kappa shape index (κ1) is 21.8. The molecule has 1 aliphatic rings. The molecule has 30 heavy (non-hydrogen) atoms. The average Bonchev–Trinajstić information content (AvgIpc) is 2.74. The smallest absolute Gasteiger partial charge is 0.431 e. The molecule has 1 atom stereocenters. The topological polar surface area (TPSA) is 55.2 Å². The van der Waals surface area contributed by atoms with Crippen LogP contribution in [0, 0.1) is 0 Å². The molecule has 0 radical (unpaired) electrons. The Labute approximate surface area is 173 Å². The van der Waals surface area contributed by atoms with Crippen LogP contribution in [0.1, 0.15) is 0 Å². The third-order valence-corrected chi connectivity index (χ3v) is 5.02. The molecule has 2 aromatic rings. The average molecular weight is 424 g/mol. The maximum Gasteiger partial charge on any atom is 0.431 e. The molecule has 0 saturated carbocycles. The summed E-state index contributed by atoms with van der Waals surface area (Å²) in [5.41, 5.74) is 1.38. The molecule has 6 nitrogen and oxygen atoms in total. The summed E-state index contributed by atoms with van der Waals surface area (Å²) in [7, 11) is 1.49. The minimum atomic E-state index is -4.64. The van der Waals surface area contributed by atoms with Gasteiger partial charge in [-0.25, -0.2) is 4.79 Å². The van der Waals surface area contributed by atoms with Gasteiger partial charge in [-0.15, -0.1) is 0 Å². The Hall–Kier alpha value is -2.94. The third-order valence-electron chi connectivity index (χ3n) is 5.02. The molecule has 2 N–H and O–H groups in total. The number of carbonyl (C=O) groups is 1. The zero-order chi connectivity index (χ0) is 21.6. The lowest BCUT2D eigenvalue weighted by Gasteiger charge is -2.35. The number of methoxy groups -OCH3 is 1. The van der Waals surface area contributed by atoms with Crippen LogP contribution in [0.3, 0.4) is 0 Å². The van der Waals surface area contributed by atoms with Crippen LogP contribution in [-0.2, 0) is 4.74 Å². The largest absolute Gasteiger partial charge is 0.497 e. The highest BCUT2D eigenvalue weighted by Crippen LogP contribution is 2.23. The van der Waals surface area contributed by atoms with Crippen molar-refractivity contribution in [3.63, 3.8) is 0 Å². The number of anilines is 2. The molecule has 2 aromatic carbocycles. The van der Waals surface area contributed by atoms with E-state index >= 15 is 0 Å². The van der Waals surface area contributed by atoms with Gasteiger partial charge in [0.15, 0.2) is 0 Å². The molecule has 0 aromatic heterocycles. The highest BCUT2D eigenvalue weighted by molar-refractivity contribution is 5.84. The van der Waals surface area contributed by atoms with Crippen LogP contribution < -0.4 is 19.9 Å². The maximum absolute atomic E-state index is 13.5. The number of carbonyl (C=O) groups excluding carboxylic acids is 1. The molecule has 1 fully saturated rings. The first-order valence-corrected chi connectivity index (χ1v) is 9.67. The van der Waals surface area contributed by atoms with Crippen LogP contribution in [0.5, 0.6) is 5.75 Å². The summed E-state index contributed by atoms with van der Waals surface area (Å²) in [5, 5.41) is 2.33. The number of nitrogens with one attached hydrogen (secondary N) is 2. The second kappa shape index (κ2) is 9.71. The summed E-state index contributed by atoms with van der Waals surface area (Å²) in [4.78, 5) is 14.9.